The zero-order valence-corrected chi connectivity index (χ0v) is 16.0. The summed E-state index contributed by atoms with van der Waals surface area (Å²) >= 11 is 0. The lowest BCUT2D eigenvalue weighted by Crippen LogP contribution is -2.63. The summed E-state index contributed by atoms with van der Waals surface area (Å²) < 4.78 is 24.5. The summed E-state index contributed by atoms with van der Waals surface area (Å²) in [6.45, 7) is 4.29. The maximum Gasteiger partial charge on any atom is 0.233 e. The molecule has 0 radical (unpaired) electrons. The first-order chi connectivity index (χ1) is 12.2. The number of hydrogen-bond donors (Lipinski definition) is 0. The standard InChI is InChI=1S/C19H24N2O4S/c1-13-3-5-15(6-4-13)19(7-8-19)18(23)21-10-9-20(14(2)22)16-11-26(24,25)12-17(16)21/h3-6,16-17H,7-12H2,1-2H3/t16-,17+/m1/s1. The van der Waals surface area contributed by atoms with Crippen LogP contribution in [-0.4, -0.2) is 66.7 Å². The molecule has 0 unspecified atom stereocenters. The minimum Gasteiger partial charge on any atom is -0.335 e. The van der Waals surface area contributed by atoms with E-state index in [1.807, 2.05) is 31.2 Å². The number of sulfone groups is 1. The van der Waals surface area contributed by atoms with Gasteiger partial charge in [0.15, 0.2) is 9.84 Å². The second-order valence-electron chi connectivity index (χ2n) is 7.87. The lowest BCUT2D eigenvalue weighted by atomic mass is 9.91. The molecule has 1 saturated carbocycles. The molecule has 0 spiro atoms. The monoisotopic (exact) mass is 376 g/mol. The Morgan fingerprint density at radius 3 is 2.08 bits per heavy atom. The highest BCUT2D eigenvalue weighted by molar-refractivity contribution is 7.91. The van der Waals surface area contributed by atoms with Gasteiger partial charge in [-0.05, 0) is 25.3 Å². The van der Waals surface area contributed by atoms with Gasteiger partial charge >= 0.3 is 0 Å². The Morgan fingerprint density at radius 2 is 1.54 bits per heavy atom. The molecule has 1 aliphatic carbocycles. The summed E-state index contributed by atoms with van der Waals surface area (Å²) in [6.07, 6.45) is 1.60. The minimum atomic E-state index is -3.24. The molecule has 0 aromatic heterocycles. The first kappa shape index (κ1) is 17.5. The number of carbonyl (C=O) groups is 2. The number of rotatable bonds is 2. The Morgan fingerprint density at radius 1 is 1.00 bits per heavy atom. The van der Waals surface area contributed by atoms with Crippen LogP contribution in [0.2, 0.25) is 0 Å². The molecule has 7 heteroatoms. The molecule has 3 aliphatic rings. The molecule has 0 N–H and O–H groups in total. The molecule has 26 heavy (non-hydrogen) atoms. The van der Waals surface area contributed by atoms with Crippen molar-refractivity contribution in [3.63, 3.8) is 0 Å². The SMILES string of the molecule is CC(=O)N1CCN(C(=O)C2(c3ccc(C)cc3)CC2)[C@H]2CS(=O)(=O)C[C@H]21. The molecule has 0 bridgehead atoms. The van der Waals surface area contributed by atoms with E-state index < -0.39 is 27.3 Å². The van der Waals surface area contributed by atoms with Crippen molar-refractivity contribution in [1.82, 2.24) is 9.80 Å². The number of amides is 2. The van der Waals surface area contributed by atoms with Crippen molar-refractivity contribution >= 4 is 21.7 Å². The molecule has 2 aliphatic heterocycles. The number of benzene rings is 1. The van der Waals surface area contributed by atoms with Crippen molar-refractivity contribution in [3.05, 3.63) is 35.4 Å². The molecular weight excluding hydrogens is 352 g/mol. The number of fused-ring (bicyclic) bond motifs is 1. The van der Waals surface area contributed by atoms with Gasteiger partial charge in [-0.15, -0.1) is 0 Å². The van der Waals surface area contributed by atoms with Gasteiger partial charge in [-0.1, -0.05) is 29.8 Å². The van der Waals surface area contributed by atoms with Crippen LogP contribution in [0.4, 0.5) is 0 Å². The maximum atomic E-state index is 13.4. The fourth-order valence-corrected chi connectivity index (χ4v) is 6.48. The van der Waals surface area contributed by atoms with E-state index >= 15 is 0 Å². The Balaban J connectivity index is 1.64. The summed E-state index contributed by atoms with van der Waals surface area (Å²) in [7, 11) is -3.24. The van der Waals surface area contributed by atoms with Gasteiger partial charge in [-0.3, -0.25) is 9.59 Å². The highest BCUT2D eigenvalue weighted by atomic mass is 32.2. The van der Waals surface area contributed by atoms with Crippen LogP contribution in [0.25, 0.3) is 0 Å². The fourth-order valence-electron chi connectivity index (χ4n) is 4.49. The minimum absolute atomic E-state index is 0.0247. The molecule has 3 fully saturated rings. The van der Waals surface area contributed by atoms with E-state index in [9.17, 15) is 18.0 Å². The van der Waals surface area contributed by atoms with Crippen molar-refractivity contribution in [1.29, 1.82) is 0 Å². The van der Waals surface area contributed by atoms with E-state index in [1.54, 1.807) is 9.80 Å². The topological polar surface area (TPSA) is 74.8 Å². The van der Waals surface area contributed by atoms with Gasteiger partial charge in [0.2, 0.25) is 11.8 Å². The van der Waals surface area contributed by atoms with Crippen molar-refractivity contribution in [3.8, 4) is 0 Å². The van der Waals surface area contributed by atoms with Gasteiger partial charge in [-0.25, -0.2) is 8.42 Å². The molecule has 2 amide bonds. The van der Waals surface area contributed by atoms with Crippen LogP contribution in [-0.2, 0) is 24.8 Å². The van der Waals surface area contributed by atoms with E-state index in [0.29, 0.717) is 13.1 Å². The maximum absolute atomic E-state index is 13.4. The summed E-state index contributed by atoms with van der Waals surface area (Å²) in [5, 5.41) is 0. The van der Waals surface area contributed by atoms with Gasteiger partial charge in [0.05, 0.1) is 29.0 Å². The molecule has 140 valence electrons. The van der Waals surface area contributed by atoms with Crippen LogP contribution < -0.4 is 0 Å². The highest BCUT2D eigenvalue weighted by Crippen LogP contribution is 2.50. The van der Waals surface area contributed by atoms with Crippen molar-refractivity contribution in [2.75, 3.05) is 24.6 Å². The first-order valence-electron chi connectivity index (χ1n) is 9.09. The summed E-state index contributed by atoms with van der Waals surface area (Å²) in [4.78, 5) is 28.7. The van der Waals surface area contributed by atoms with Crippen molar-refractivity contribution in [2.45, 2.75) is 44.2 Å². The van der Waals surface area contributed by atoms with Gasteiger partial charge < -0.3 is 9.80 Å². The Bertz CT molecular complexity index is 858. The van der Waals surface area contributed by atoms with Crippen molar-refractivity contribution in [2.24, 2.45) is 0 Å². The van der Waals surface area contributed by atoms with Gasteiger partial charge in [0.1, 0.15) is 0 Å². The average molecular weight is 376 g/mol. The molecule has 2 heterocycles. The van der Waals surface area contributed by atoms with Gasteiger partial charge in [0.25, 0.3) is 0 Å². The normalized spacial score (nSPS) is 28.5. The molecular formula is C19H24N2O4S. The van der Waals surface area contributed by atoms with E-state index in [1.165, 1.54) is 6.92 Å². The number of hydrogen-bond acceptors (Lipinski definition) is 4. The van der Waals surface area contributed by atoms with Gasteiger partial charge in [-0.2, -0.15) is 0 Å². The van der Waals surface area contributed by atoms with Crippen LogP contribution in [0.15, 0.2) is 24.3 Å². The first-order valence-corrected chi connectivity index (χ1v) is 10.9. The Labute approximate surface area is 154 Å². The van der Waals surface area contributed by atoms with E-state index in [0.717, 1.165) is 24.0 Å². The quantitative estimate of drug-likeness (QED) is 0.768. The molecule has 1 aromatic carbocycles. The number of aryl methyl sites for hydroxylation is 1. The van der Waals surface area contributed by atoms with E-state index in [2.05, 4.69) is 0 Å². The fraction of sp³-hybridized carbons (Fsp3) is 0.579. The average Bonchev–Trinajstić information content (AvgIpc) is 3.31. The molecule has 4 rings (SSSR count). The van der Waals surface area contributed by atoms with E-state index in [4.69, 9.17) is 0 Å². The summed E-state index contributed by atoms with van der Waals surface area (Å²) in [6, 6.07) is 7.21. The Hall–Kier alpha value is -1.89. The lowest BCUT2D eigenvalue weighted by Gasteiger charge is -2.44. The zero-order valence-electron chi connectivity index (χ0n) is 15.1. The third kappa shape index (κ3) is 2.73. The Kier molecular flexibility index (Phi) is 3.91. The number of carbonyl (C=O) groups excluding carboxylic acids is 2. The third-order valence-corrected chi connectivity index (χ3v) is 7.80. The number of piperazine rings is 1. The molecule has 6 nitrogen and oxygen atoms in total. The van der Waals surface area contributed by atoms with Crippen LogP contribution in [0.1, 0.15) is 30.9 Å². The van der Waals surface area contributed by atoms with Crippen LogP contribution >= 0.6 is 0 Å². The molecule has 2 atom stereocenters. The van der Waals surface area contributed by atoms with Crippen LogP contribution in [0.5, 0.6) is 0 Å². The predicted molar refractivity (Wildman–Crippen MR) is 97.4 cm³/mol. The predicted octanol–water partition coefficient (Wildman–Crippen LogP) is 0.883. The van der Waals surface area contributed by atoms with Crippen LogP contribution in [0, 0.1) is 6.92 Å². The largest absolute Gasteiger partial charge is 0.335 e. The number of nitrogens with zero attached hydrogens (tertiary/aromatic N) is 2. The highest BCUT2D eigenvalue weighted by Gasteiger charge is 2.57. The van der Waals surface area contributed by atoms with Crippen LogP contribution in [0.3, 0.4) is 0 Å². The van der Waals surface area contributed by atoms with Gasteiger partial charge in [0, 0.05) is 20.0 Å². The van der Waals surface area contributed by atoms with Crippen molar-refractivity contribution < 1.29 is 18.0 Å². The summed E-state index contributed by atoms with van der Waals surface area (Å²) in [5.41, 5.74) is 1.65. The molecule has 2 saturated heterocycles. The smallest absolute Gasteiger partial charge is 0.233 e. The molecule has 1 aromatic rings. The lowest BCUT2D eigenvalue weighted by molar-refractivity contribution is -0.146. The second kappa shape index (κ2) is 5.81. The van der Waals surface area contributed by atoms with E-state index in [-0.39, 0.29) is 23.3 Å². The zero-order chi connectivity index (χ0) is 18.7. The summed E-state index contributed by atoms with van der Waals surface area (Å²) in [5.74, 6) is -0.184. The third-order valence-electron chi connectivity index (χ3n) is 6.10. The second-order valence-corrected chi connectivity index (χ2v) is 10.0.